The quantitative estimate of drug-likeness (QED) is 0.788. The molecule has 0 aliphatic rings. The van der Waals surface area contributed by atoms with E-state index in [0.717, 1.165) is 26.9 Å². The normalized spacial score (nSPS) is 10.8. The second kappa shape index (κ2) is 6.44. The Morgan fingerprint density at radius 1 is 1.10 bits per heavy atom. The van der Waals surface area contributed by atoms with Gasteiger partial charge in [-0.3, -0.25) is 4.79 Å². The molecule has 0 heterocycles. The van der Waals surface area contributed by atoms with Crippen LogP contribution in [0.2, 0.25) is 0 Å². The second-order valence-corrected chi connectivity index (χ2v) is 6.52. The summed E-state index contributed by atoms with van der Waals surface area (Å²) in [4.78, 5) is 12.6. The van der Waals surface area contributed by atoms with Crippen molar-refractivity contribution >= 4 is 27.5 Å². The molecule has 3 heteroatoms. The highest BCUT2D eigenvalue weighted by Crippen LogP contribution is 2.28. The molecule has 0 saturated heterocycles. The molecule has 0 aliphatic carbocycles. The van der Waals surface area contributed by atoms with Crippen LogP contribution in [0.25, 0.3) is 0 Å². The fourth-order valence-corrected chi connectivity index (χ4v) is 2.72. The van der Waals surface area contributed by atoms with Crippen LogP contribution in [0, 0.1) is 13.8 Å². The van der Waals surface area contributed by atoms with E-state index in [-0.39, 0.29) is 5.91 Å². The number of carbonyl (C=O) groups excluding carboxylic acids is 1. The van der Waals surface area contributed by atoms with Crippen LogP contribution < -0.4 is 5.32 Å². The lowest BCUT2D eigenvalue weighted by atomic mass is 9.97. The average Bonchev–Trinajstić information content (AvgIpc) is 2.43. The first-order chi connectivity index (χ1) is 9.90. The van der Waals surface area contributed by atoms with Gasteiger partial charge in [0.25, 0.3) is 5.91 Å². The summed E-state index contributed by atoms with van der Waals surface area (Å²) in [6, 6.07) is 11.9. The molecule has 0 bridgehead atoms. The van der Waals surface area contributed by atoms with Gasteiger partial charge in [0.2, 0.25) is 0 Å². The summed E-state index contributed by atoms with van der Waals surface area (Å²) >= 11 is 3.42. The third kappa shape index (κ3) is 3.53. The summed E-state index contributed by atoms with van der Waals surface area (Å²) in [5.74, 6) is 0.300. The van der Waals surface area contributed by atoms with Gasteiger partial charge in [0.15, 0.2) is 0 Å². The fraction of sp³-hybridized carbons (Fsp3) is 0.278. The number of nitrogens with one attached hydrogen (secondary N) is 1. The van der Waals surface area contributed by atoms with Crippen LogP contribution in [-0.2, 0) is 0 Å². The maximum Gasteiger partial charge on any atom is 0.255 e. The van der Waals surface area contributed by atoms with Crippen molar-refractivity contribution in [3.8, 4) is 0 Å². The van der Waals surface area contributed by atoms with Crippen molar-refractivity contribution in [2.75, 3.05) is 5.32 Å². The molecule has 1 amide bonds. The van der Waals surface area contributed by atoms with Crippen LogP contribution in [-0.4, -0.2) is 5.91 Å². The van der Waals surface area contributed by atoms with Gasteiger partial charge in [0.05, 0.1) is 0 Å². The summed E-state index contributed by atoms with van der Waals surface area (Å²) in [5, 5.41) is 3.08. The summed E-state index contributed by atoms with van der Waals surface area (Å²) in [7, 11) is 0. The number of hydrogen-bond donors (Lipinski definition) is 1. The standard InChI is InChI=1S/C18H20BrNO/c1-11(2)15-7-5-6-13(4)17(15)20-18(21)16-10-14(19)9-8-12(16)3/h5-11H,1-4H3,(H,20,21). The molecule has 0 radical (unpaired) electrons. The molecular formula is C18H20BrNO. The predicted octanol–water partition coefficient (Wildman–Crippen LogP) is 5.44. The van der Waals surface area contributed by atoms with Gasteiger partial charge in [-0.2, -0.15) is 0 Å². The van der Waals surface area contributed by atoms with Crippen molar-refractivity contribution in [1.82, 2.24) is 0 Å². The zero-order valence-corrected chi connectivity index (χ0v) is 14.4. The van der Waals surface area contributed by atoms with Crippen molar-refractivity contribution in [3.05, 3.63) is 63.1 Å². The van der Waals surface area contributed by atoms with Gasteiger partial charge < -0.3 is 5.32 Å². The Balaban J connectivity index is 2.38. The topological polar surface area (TPSA) is 29.1 Å². The molecule has 2 nitrogen and oxygen atoms in total. The van der Waals surface area contributed by atoms with Gasteiger partial charge >= 0.3 is 0 Å². The Morgan fingerprint density at radius 2 is 1.81 bits per heavy atom. The van der Waals surface area contributed by atoms with E-state index in [0.29, 0.717) is 11.5 Å². The lowest BCUT2D eigenvalue weighted by Crippen LogP contribution is -2.16. The lowest BCUT2D eigenvalue weighted by Gasteiger charge is -2.17. The van der Waals surface area contributed by atoms with E-state index in [1.807, 2.05) is 44.2 Å². The van der Waals surface area contributed by atoms with Crippen molar-refractivity contribution in [3.63, 3.8) is 0 Å². The Hall–Kier alpha value is -1.61. The molecule has 21 heavy (non-hydrogen) atoms. The van der Waals surface area contributed by atoms with Crippen LogP contribution in [0.3, 0.4) is 0 Å². The Bertz CT molecular complexity index is 677. The van der Waals surface area contributed by atoms with Gasteiger partial charge in [-0.1, -0.05) is 54.0 Å². The Labute approximate surface area is 134 Å². The van der Waals surface area contributed by atoms with Crippen molar-refractivity contribution < 1.29 is 4.79 Å². The molecule has 0 atom stereocenters. The third-order valence-corrected chi connectivity index (χ3v) is 4.10. The average molecular weight is 346 g/mol. The maximum absolute atomic E-state index is 12.6. The van der Waals surface area contributed by atoms with Gasteiger partial charge in [-0.25, -0.2) is 0 Å². The summed E-state index contributed by atoms with van der Waals surface area (Å²) < 4.78 is 0.909. The number of rotatable bonds is 3. The number of amides is 1. The maximum atomic E-state index is 12.6. The van der Waals surface area contributed by atoms with E-state index in [9.17, 15) is 4.79 Å². The molecule has 0 aromatic heterocycles. The Morgan fingerprint density at radius 3 is 2.48 bits per heavy atom. The lowest BCUT2D eigenvalue weighted by molar-refractivity contribution is 0.102. The van der Waals surface area contributed by atoms with E-state index in [4.69, 9.17) is 0 Å². The SMILES string of the molecule is Cc1ccc(Br)cc1C(=O)Nc1c(C)cccc1C(C)C. The minimum atomic E-state index is -0.0648. The Kier molecular flexibility index (Phi) is 4.84. The van der Waals surface area contributed by atoms with E-state index in [1.165, 1.54) is 0 Å². The van der Waals surface area contributed by atoms with E-state index in [2.05, 4.69) is 41.2 Å². The molecule has 0 saturated carbocycles. The minimum Gasteiger partial charge on any atom is -0.321 e. The number of benzene rings is 2. The molecule has 0 unspecified atom stereocenters. The molecule has 0 spiro atoms. The number of aryl methyl sites for hydroxylation is 2. The summed E-state index contributed by atoms with van der Waals surface area (Å²) in [6.45, 7) is 8.24. The summed E-state index contributed by atoms with van der Waals surface area (Å²) in [6.07, 6.45) is 0. The number of anilines is 1. The number of hydrogen-bond acceptors (Lipinski definition) is 1. The van der Waals surface area contributed by atoms with E-state index >= 15 is 0 Å². The number of para-hydroxylation sites is 1. The molecule has 110 valence electrons. The molecule has 1 N–H and O–H groups in total. The fourth-order valence-electron chi connectivity index (χ4n) is 2.36. The van der Waals surface area contributed by atoms with E-state index in [1.54, 1.807) is 0 Å². The van der Waals surface area contributed by atoms with Crippen molar-refractivity contribution in [1.29, 1.82) is 0 Å². The minimum absolute atomic E-state index is 0.0648. The number of carbonyl (C=O) groups is 1. The molecular weight excluding hydrogens is 326 g/mol. The second-order valence-electron chi connectivity index (χ2n) is 5.61. The number of halogens is 1. The van der Waals surface area contributed by atoms with Gasteiger partial charge in [-0.05, 0) is 48.6 Å². The van der Waals surface area contributed by atoms with Crippen LogP contribution in [0.15, 0.2) is 40.9 Å². The first-order valence-corrected chi connectivity index (χ1v) is 7.86. The molecule has 0 aliphatic heterocycles. The zero-order chi connectivity index (χ0) is 15.6. The van der Waals surface area contributed by atoms with Gasteiger partial charge in [-0.15, -0.1) is 0 Å². The highest BCUT2D eigenvalue weighted by Gasteiger charge is 2.15. The molecule has 0 fully saturated rings. The summed E-state index contributed by atoms with van der Waals surface area (Å²) in [5.41, 5.74) is 4.84. The van der Waals surface area contributed by atoms with E-state index < -0.39 is 0 Å². The molecule has 2 aromatic carbocycles. The van der Waals surface area contributed by atoms with Crippen molar-refractivity contribution in [2.24, 2.45) is 0 Å². The smallest absolute Gasteiger partial charge is 0.255 e. The predicted molar refractivity (Wildman–Crippen MR) is 92.1 cm³/mol. The molecule has 2 aromatic rings. The van der Waals surface area contributed by atoms with Gasteiger partial charge in [0.1, 0.15) is 0 Å². The monoisotopic (exact) mass is 345 g/mol. The first-order valence-electron chi connectivity index (χ1n) is 7.07. The van der Waals surface area contributed by atoms with Crippen molar-refractivity contribution in [2.45, 2.75) is 33.6 Å². The largest absolute Gasteiger partial charge is 0.321 e. The first kappa shape index (κ1) is 15.8. The third-order valence-electron chi connectivity index (χ3n) is 3.61. The highest BCUT2D eigenvalue weighted by molar-refractivity contribution is 9.10. The molecule has 2 rings (SSSR count). The van der Waals surface area contributed by atoms with Crippen LogP contribution in [0.1, 0.15) is 46.8 Å². The highest BCUT2D eigenvalue weighted by atomic mass is 79.9. The van der Waals surface area contributed by atoms with Crippen LogP contribution >= 0.6 is 15.9 Å². The van der Waals surface area contributed by atoms with Gasteiger partial charge in [0, 0.05) is 15.7 Å². The zero-order valence-electron chi connectivity index (χ0n) is 12.8. The van der Waals surface area contributed by atoms with Crippen LogP contribution in [0.4, 0.5) is 5.69 Å². The van der Waals surface area contributed by atoms with Crippen LogP contribution in [0.5, 0.6) is 0 Å².